The van der Waals surface area contributed by atoms with Crippen molar-refractivity contribution < 1.29 is 14.3 Å². The van der Waals surface area contributed by atoms with Gasteiger partial charge in [0.05, 0.1) is 18.9 Å². The van der Waals surface area contributed by atoms with Gasteiger partial charge in [-0.3, -0.25) is 9.78 Å². The first-order valence-corrected chi connectivity index (χ1v) is 8.91. The van der Waals surface area contributed by atoms with E-state index in [0.29, 0.717) is 22.2 Å². The fourth-order valence-corrected chi connectivity index (χ4v) is 2.97. The number of amides is 1. The van der Waals surface area contributed by atoms with Crippen molar-refractivity contribution in [1.29, 1.82) is 0 Å². The van der Waals surface area contributed by atoms with Crippen LogP contribution >= 0.6 is 11.6 Å². The van der Waals surface area contributed by atoms with E-state index in [4.69, 9.17) is 21.1 Å². The van der Waals surface area contributed by atoms with Gasteiger partial charge >= 0.3 is 0 Å². The largest absolute Gasteiger partial charge is 0.495 e. The lowest BCUT2D eigenvalue weighted by atomic mass is 10.2. The third-order valence-corrected chi connectivity index (χ3v) is 4.69. The van der Waals surface area contributed by atoms with Gasteiger partial charge in [-0.1, -0.05) is 11.6 Å². The molecule has 6 nitrogen and oxygen atoms in total. The molecule has 26 heavy (non-hydrogen) atoms. The minimum atomic E-state index is -0.314. The highest BCUT2D eigenvalue weighted by molar-refractivity contribution is 6.31. The molecule has 0 aliphatic carbocycles. The summed E-state index contributed by atoms with van der Waals surface area (Å²) in [5.41, 5.74) is 2.55. The highest BCUT2D eigenvalue weighted by atomic mass is 35.5. The van der Waals surface area contributed by atoms with Crippen LogP contribution in [0.3, 0.4) is 0 Å². The Balaban J connectivity index is 1.70. The van der Waals surface area contributed by atoms with Crippen LogP contribution in [0.5, 0.6) is 5.75 Å². The second kappa shape index (κ2) is 8.38. The van der Waals surface area contributed by atoms with Gasteiger partial charge in [-0.25, -0.2) is 0 Å². The van der Waals surface area contributed by atoms with Crippen LogP contribution in [0, 0.1) is 6.92 Å². The van der Waals surface area contributed by atoms with Gasteiger partial charge < -0.3 is 20.1 Å². The number of rotatable bonds is 6. The van der Waals surface area contributed by atoms with Crippen molar-refractivity contribution in [1.82, 2.24) is 4.98 Å². The molecular formula is C19H22ClN3O3. The SMILES string of the molecule is COc1cc(Cl)c(C)cc1NC(=O)c1cc(NCC2CCCO2)ccn1. The topological polar surface area (TPSA) is 72.5 Å². The van der Waals surface area contributed by atoms with Crippen LogP contribution in [-0.4, -0.2) is 37.3 Å². The van der Waals surface area contributed by atoms with Crippen molar-refractivity contribution in [2.75, 3.05) is 30.9 Å². The molecule has 1 fully saturated rings. The molecule has 1 atom stereocenters. The van der Waals surface area contributed by atoms with Crippen LogP contribution in [0.25, 0.3) is 0 Å². The van der Waals surface area contributed by atoms with Crippen LogP contribution < -0.4 is 15.4 Å². The molecule has 0 saturated carbocycles. The Bertz CT molecular complexity index is 792. The number of hydrogen-bond donors (Lipinski definition) is 2. The van der Waals surface area contributed by atoms with Crippen molar-refractivity contribution in [2.45, 2.75) is 25.9 Å². The molecule has 1 saturated heterocycles. The summed E-state index contributed by atoms with van der Waals surface area (Å²) < 4.78 is 10.9. The number of carbonyl (C=O) groups excluding carboxylic acids is 1. The number of methoxy groups -OCH3 is 1. The van der Waals surface area contributed by atoms with E-state index in [1.807, 2.05) is 13.0 Å². The maximum Gasteiger partial charge on any atom is 0.274 e. The average Bonchev–Trinajstić information content (AvgIpc) is 3.16. The van der Waals surface area contributed by atoms with Gasteiger partial charge in [0.1, 0.15) is 11.4 Å². The van der Waals surface area contributed by atoms with Gasteiger partial charge in [-0.05, 0) is 43.5 Å². The Kier molecular flexibility index (Phi) is 5.96. The third kappa shape index (κ3) is 4.45. The maximum absolute atomic E-state index is 12.6. The molecule has 3 rings (SSSR count). The fraction of sp³-hybridized carbons (Fsp3) is 0.368. The van der Waals surface area contributed by atoms with E-state index in [0.717, 1.165) is 37.2 Å². The fourth-order valence-electron chi connectivity index (χ4n) is 2.82. The van der Waals surface area contributed by atoms with Gasteiger partial charge in [-0.2, -0.15) is 0 Å². The lowest BCUT2D eigenvalue weighted by molar-refractivity contribution is 0.102. The maximum atomic E-state index is 12.6. The van der Waals surface area contributed by atoms with E-state index in [1.54, 1.807) is 24.4 Å². The number of benzene rings is 1. The molecule has 1 aliphatic heterocycles. The summed E-state index contributed by atoms with van der Waals surface area (Å²) in [6, 6.07) is 7.01. The van der Waals surface area contributed by atoms with Gasteiger partial charge in [0.25, 0.3) is 5.91 Å². The average molecular weight is 376 g/mol. The molecule has 0 spiro atoms. The summed E-state index contributed by atoms with van der Waals surface area (Å²) in [5.74, 6) is 0.187. The van der Waals surface area contributed by atoms with Crippen LogP contribution in [0.4, 0.5) is 11.4 Å². The molecular weight excluding hydrogens is 354 g/mol. The number of aromatic nitrogens is 1. The van der Waals surface area contributed by atoms with Crippen LogP contribution in [0.2, 0.25) is 5.02 Å². The standard InChI is InChI=1S/C19H22ClN3O3/c1-12-8-16(18(25-2)10-15(12)20)23-19(24)17-9-13(5-6-21-17)22-11-14-4-3-7-26-14/h5-6,8-10,14H,3-4,7,11H2,1-2H3,(H,21,22)(H,23,24). The molecule has 1 aromatic heterocycles. The Hall–Kier alpha value is -2.31. The number of ether oxygens (including phenoxy) is 2. The van der Waals surface area contributed by atoms with Gasteiger partial charge in [0.15, 0.2) is 0 Å². The zero-order valence-corrected chi connectivity index (χ0v) is 15.6. The first-order chi connectivity index (χ1) is 12.6. The highest BCUT2D eigenvalue weighted by Gasteiger charge is 2.16. The first kappa shape index (κ1) is 18.5. The van der Waals surface area contributed by atoms with Crippen LogP contribution in [-0.2, 0) is 4.74 Å². The molecule has 0 bridgehead atoms. The molecule has 7 heteroatoms. The lowest BCUT2D eigenvalue weighted by Crippen LogP contribution is -2.19. The van der Waals surface area contributed by atoms with Crippen molar-refractivity contribution >= 4 is 28.9 Å². The number of aryl methyl sites for hydroxylation is 1. The quantitative estimate of drug-likeness (QED) is 0.801. The summed E-state index contributed by atoms with van der Waals surface area (Å²) in [5, 5.41) is 6.71. The number of nitrogens with one attached hydrogen (secondary N) is 2. The molecule has 1 aromatic carbocycles. The second-order valence-corrected chi connectivity index (χ2v) is 6.61. The minimum absolute atomic E-state index is 0.224. The Morgan fingerprint density at radius 2 is 2.27 bits per heavy atom. The zero-order chi connectivity index (χ0) is 18.5. The molecule has 2 N–H and O–H groups in total. The van der Waals surface area contributed by atoms with Crippen LogP contribution in [0.15, 0.2) is 30.5 Å². The van der Waals surface area contributed by atoms with Crippen LogP contribution in [0.1, 0.15) is 28.9 Å². The van der Waals surface area contributed by atoms with E-state index in [-0.39, 0.29) is 12.0 Å². The number of pyridine rings is 1. The van der Waals surface area contributed by atoms with Crippen molar-refractivity contribution in [3.63, 3.8) is 0 Å². The summed E-state index contributed by atoms with van der Waals surface area (Å²) in [4.78, 5) is 16.7. The number of nitrogens with zero attached hydrogens (tertiary/aromatic N) is 1. The molecule has 2 heterocycles. The van der Waals surface area contributed by atoms with E-state index in [1.165, 1.54) is 7.11 Å². The predicted octanol–water partition coefficient (Wildman–Crippen LogP) is 3.90. The van der Waals surface area contributed by atoms with E-state index < -0.39 is 0 Å². The lowest BCUT2D eigenvalue weighted by Gasteiger charge is -2.14. The van der Waals surface area contributed by atoms with E-state index in [9.17, 15) is 4.79 Å². The number of hydrogen-bond acceptors (Lipinski definition) is 5. The second-order valence-electron chi connectivity index (χ2n) is 6.20. The molecule has 1 aliphatic rings. The zero-order valence-electron chi connectivity index (χ0n) is 14.8. The molecule has 1 amide bonds. The number of carbonyl (C=O) groups is 1. The highest BCUT2D eigenvalue weighted by Crippen LogP contribution is 2.31. The molecule has 1 unspecified atom stereocenters. The minimum Gasteiger partial charge on any atom is -0.495 e. The summed E-state index contributed by atoms with van der Waals surface area (Å²) >= 11 is 6.10. The molecule has 0 radical (unpaired) electrons. The Morgan fingerprint density at radius 1 is 1.42 bits per heavy atom. The molecule has 2 aromatic rings. The summed E-state index contributed by atoms with van der Waals surface area (Å²) in [7, 11) is 1.53. The van der Waals surface area contributed by atoms with E-state index in [2.05, 4.69) is 15.6 Å². The van der Waals surface area contributed by atoms with E-state index >= 15 is 0 Å². The normalized spacial score (nSPS) is 16.3. The number of anilines is 2. The van der Waals surface area contributed by atoms with Crippen molar-refractivity contribution in [3.05, 3.63) is 46.7 Å². The first-order valence-electron chi connectivity index (χ1n) is 8.54. The Labute approximate surface area is 157 Å². The monoisotopic (exact) mass is 375 g/mol. The third-order valence-electron chi connectivity index (χ3n) is 4.28. The van der Waals surface area contributed by atoms with Crippen molar-refractivity contribution in [3.8, 4) is 5.75 Å². The smallest absolute Gasteiger partial charge is 0.274 e. The Morgan fingerprint density at radius 3 is 3.00 bits per heavy atom. The van der Waals surface area contributed by atoms with Gasteiger partial charge in [-0.15, -0.1) is 0 Å². The number of halogens is 1. The summed E-state index contributed by atoms with van der Waals surface area (Å²) in [6.45, 7) is 3.40. The van der Waals surface area contributed by atoms with Crippen molar-refractivity contribution in [2.24, 2.45) is 0 Å². The predicted molar refractivity (Wildman–Crippen MR) is 102 cm³/mol. The molecule has 138 valence electrons. The van der Waals surface area contributed by atoms with Gasteiger partial charge in [0.2, 0.25) is 0 Å². The summed E-state index contributed by atoms with van der Waals surface area (Å²) in [6.07, 6.45) is 3.98. The van der Waals surface area contributed by atoms with Gasteiger partial charge in [0, 0.05) is 36.1 Å².